The molecule has 2 aromatic heterocycles. The Bertz CT molecular complexity index is 1110. The number of Topliss-reactive ketones (excluding diaryl/α,β-unsaturated/α-hetero) is 1. The fourth-order valence-electron chi connectivity index (χ4n) is 4.70. The Hall–Kier alpha value is -3.22. The number of hydrogen-bond donors (Lipinski definition) is 0. The molecule has 0 amide bonds. The summed E-state index contributed by atoms with van der Waals surface area (Å²) in [5.74, 6) is 0.744. The Balaban J connectivity index is 1.27. The highest BCUT2D eigenvalue weighted by Crippen LogP contribution is 2.44. The highest BCUT2D eigenvalue weighted by Gasteiger charge is 2.50. The predicted octanol–water partition coefficient (Wildman–Crippen LogP) is 3.24. The first-order valence-corrected chi connectivity index (χ1v) is 10.4. The number of ether oxygens (including phenoxy) is 1. The fraction of sp³-hybridized carbons (Fsp3) is 0.391. The molecule has 1 atom stereocenters. The van der Waals surface area contributed by atoms with E-state index in [1.165, 1.54) is 0 Å². The maximum absolute atomic E-state index is 12.8. The number of para-hydroxylation sites is 2. The number of esters is 1. The molecular weight excluding hydrogens is 380 g/mol. The number of carbonyl (C=O) groups is 2. The zero-order valence-corrected chi connectivity index (χ0v) is 17.0. The minimum atomic E-state index is -0.421. The molecular formula is C23H24N4O3. The van der Waals surface area contributed by atoms with Crippen molar-refractivity contribution >= 4 is 28.6 Å². The van der Waals surface area contributed by atoms with Crippen LogP contribution < -0.4 is 4.90 Å². The fourth-order valence-corrected chi connectivity index (χ4v) is 4.70. The summed E-state index contributed by atoms with van der Waals surface area (Å²) in [7, 11) is 0. The van der Waals surface area contributed by atoms with Gasteiger partial charge in [-0.25, -0.2) is 9.97 Å². The van der Waals surface area contributed by atoms with Crippen LogP contribution in [-0.2, 0) is 16.1 Å². The predicted molar refractivity (Wildman–Crippen MR) is 112 cm³/mol. The van der Waals surface area contributed by atoms with Crippen LogP contribution in [0.3, 0.4) is 0 Å². The second-order valence-electron chi connectivity index (χ2n) is 8.34. The van der Waals surface area contributed by atoms with E-state index in [1.54, 1.807) is 19.2 Å². The number of pyridine rings is 1. The van der Waals surface area contributed by atoms with Gasteiger partial charge in [0.25, 0.3) is 0 Å². The number of carbonyl (C=O) groups excluding carboxylic acids is 2. The Kier molecular flexibility index (Phi) is 4.53. The van der Waals surface area contributed by atoms with Crippen LogP contribution in [0.2, 0.25) is 0 Å². The summed E-state index contributed by atoms with van der Waals surface area (Å²) in [5.41, 5.74) is 2.24. The van der Waals surface area contributed by atoms with Crippen LogP contribution in [0.15, 0.2) is 48.9 Å². The number of rotatable bonds is 4. The standard InChI is InChI=1S/C23H24N4O3/c1-16(28)17-6-9-24-21(12-17)26-10-7-23(8-11-26)13-18(30-22(23)29)14-27-15-25-19-4-2-3-5-20(19)27/h2-6,9,12,15,18H,7-8,10-11,13-14H2,1H3. The Labute approximate surface area is 174 Å². The minimum absolute atomic E-state index is 0.0290. The summed E-state index contributed by atoms with van der Waals surface area (Å²) in [6.45, 7) is 3.64. The highest BCUT2D eigenvalue weighted by molar-refractivity contribution is 5.94. The molecule has 1 aromatic carbocycles. The zero-order valence-electron chi connectivity index (χ0n) is 17.0. The summed E-state index contributed by atoms with van der Waals surface area (Å²) in [5, 5.41) is 0. The van der Waals surface area contributed by atoms with Gasteiger partial charge in [-0.2, -0.15) is 0 Å². The smallest absolute Gasteiger partial charge is 0.312 e. The lowest BCUT2D eigenvalue weighted by Gasteiger charge is -2.37. The van der Waals surface area contributed by atoms with Gasteiger partial charge in [0.1, 0.15) is 11.9 Å². The first kappa shape index (κ1) is 18.8. The molecule has 0 aliphatic carbocycles. The van der Waals surface area contributed by atoms with Crippen molar-refractivity contribution in [2.45, 2.75) is 38.8 Å². The van der Waals surface area contributed by atoms with Crippen molar-refractivity contribution in [1.82, 2.24) is 14.5 Å². The molecule has 0 bridgehead atoms. The van der Waals surface area contributed by atoms with Crippen LogP contribution in [0.5, 0.6) is 0 Å². The Morgan fingerprint density at radius 2 is 2.00 bits per heavy atom. The third-order valence-corrected chi connectivity index (χ3v) is 6.45. The van der Waals surface area contributed by atoms with Gasteiger partial charge in [-0.1, -0.05) is 12.1 Å². The molecule has 2 fully saturated rings. The van der Waals surface area contributed by atoms with E-state index >= 15 is 0 Å². The molecule has 2 saturated heterocycles. The van der Waals surface area contributed by atoms with Crippen LogP contribution in [0.25, 0.3) is 11.0 Å². The SMILES string of the molecule is CC(=O)c1ccnc(N2CCC3(CC2)CC(Cn2cnc4ccccc42)OC3=O)c1. The molecule has 2 aliphatic heterocycles. The summed E-state index contributed by atoms with van der Waals surface area (Å²) in [6.07, 6.45) is 5.55. The summed E-state index contributed by atoms with van der Waals surface area (Å²) in [4.78, 5) is 35.5. The van der Waals surface area contributed by atoms with Gasteiger partial charge in [-0.3, -0.25) is 9.59 Å². The number of hydrogen-bond acceptors (Lipinski definition) is 6. The molecule has 154 valence electrons. The first-order chi connectivity index (χ1) is 14.5. The number of imidazole rings is 1. The van der Waals surface area contributed by atoms with E-state index in [4.69, 9.17) is 4.74 Å². The van der Waals surface area contributed by atoms with Crippen molar-refractivity contribution in [3.63, 3.8) is 0 Å². The summed E-state index contributed by atoms with van der Waals surface area (Å²) < 4.78 is 7.87. The largest absolute Gasteiger partial charge is 0.460 e. The molecule has 0 N–H and O–H groups in total. The molecule has 4 heterocycles. The van der Waals surface area contributed by atoms with Crippen LogP contribution >= 0.6 is 0 Å². The average molecular weight is 404 g/mol. The topological polar surface area (TPSA) is 77.3 Å². The highest BCUT2D eigenvalue weighted by atomic mass is 16.6. The number of benzene rings is 1. The van der Waals surface area contributed by atoms with Crippen LogP contribution in [-0.4, -0.2) is 45.5 Å². The van der Waals surface area contributed by atoms with E-state index in [9.17, 15) is 9.59 Å². The number of aromatic nitrogens is 3. The number of piperidine rings is 1. The van der Waals surface area contributed by atoms with Gasteiger partial charge >= 0.3 is 5.97 Å². The number of nitrogens with zero attached hydrogens (tertiary/aromatic N) is 4. The average Bonchev–Trinajstić information content (AvgIpc) is 3.30. The van der Waals surface area contributed by atoms with E-state index in [-0.39, 0.29) is 17.9 Å². The molecule has 2 aliphatic rings. The molecule has 1 unspecified atom stereocenters. The van der Waals surface area contributed by atoms with Crippen LogP contribution in [0.1, 0.15) is 36.5 Å². The molecule has 7 heteroatoms. The Morgan fingerprint density at radius 1 is 1.20 bits per heavy atom. The van der Waals surface area contributed by atoms with E-state index in [1.807, 2.05) is 36.7 Å². The van der Waals surface area contributed by atoms with Crippen molar-refractivity contribution in [2.24, 2.45) is 5.41 Å². The van der Waals surface area contributed by atoms with E-state index in [0.29, 0.717) is 12.1 Å². The van der Waals surface area contributed by atoms with E-state index < -0.39 is 5.41 Å². The number of fused-ring (bicyclic) bond motifs is 1. The van der Waals surface area contributed by atoms with Crippen LogP contribution in [0.4, 0.5) is 5.82 Å². The van der Waals surface area contributed by atoms with Gasteiger partial charge in [0, 0.05) is 31.3 Å². The Morgan fingerprint density at radius 3 is 2.80 bits per heavy atom. The lowest BCUT2D eigenvalue weighted by molar-refractivity contribution is -0.150. The van der Waals surface area contributed by atoms with Gasteiger partial charge in [0.05, 0.1) is 29.3 Å². The zero-order chi connectivity index (χ0) is 20.7. The normalized spacial score (nSPS) is 20.6. The lowest BCUT2D eigenvalue weighted by Crippen LogP contribution is -2.43. The van der Waals surface area contributed by atoms with E-state index in [2.05, 4.69) is 19.4 Å². The first-order valence-electron chi connectivity index (χ1n) is 10.4. The van der Waals surface area contributed by atoms with Gasteiger partial charge in [-0.15, -0.1) is 0 Å². The summed E-state index contributed by atoms with van der Waals surface area (Å²) in [6, 6.07) is 11.6. The molecule has 1 spiro atoms. The third kappa shape index (κ3) is 3.24. The van der Waals surface area contributed by atoms with Gasteiger partial charge in [0.2, 0.25) is 0 Å². The maximum atomic E-state index is 12.8. The molecule has 5 rings (SSSR count). The molecule has 7 nitrogen and oxygen atoms in total. The molecule has 3 aromatic rings. The van der Waals surface area contributed by atoms with Gasteiger partial charge in [0.15, 0.2) is 5.78 Å². The van der Waals surface area contributed by atoms with Crippen molar-refractivity contribution in [1.29, 1.82) is 0 Å². The maximum Gasteiger partial charge on any atom is 0.312 e. The van der Waals surface area contributed by atoms with Crippen molar-refractivity contribution in [2.75, 3.05) is 18.0 Å². The quantitative estimate of drug-likeness (QED) is 0.491. The number of ketones is 1. The third-order valence-electron chi connectivity index (χ3n) is 6.45. The van der Waals surface area contributed by atoms with Gasteiger partial charge < -0.3 is 14.2 Å². The van der Waals surface area contributed by atoms with E-state index in [0.717, 1.165) is 49.2 Å². The second-order valence-corrected chi connectivity index (χ2v) is 8.34. The van der Waals surface area contributed by atoms with Crippen LogP contribution in [0, 0.1) is 5.41 Å². The van der Waals surface area contributed by atoms with Crippen molar-refractivity contribution in [3.05, 3.63) is 54.5 Å². The molecule has 0 radical (unpaired) electrons. The molecule has 0 saturated carbocycles. The van der Waals surface area contributed by atoms with Crippen molar-refractivity contribution < 1.29 is 14.3 Å². The monoisotopic (exact) mass is 404 g/mol. The van der Waals surface area contributed by atoms with Gasteiger partial charge in [-0.05, 0) is 44.0 Å². The lowest BCUT2D eigenvalue weighted by atomic mass is 9.76. The van der Waals surface area contributed by atoms with Crippen molar-refractivity contribution in [3.8, 4) is 0 Å². The summed E-state index contributed by atoms with van der Waals surface area (Å²) >= 11 is 0. The number of cyclic esters (lactones) is 1. The molecule has 30 heavy (non-hydrogen) atoms. The minimum Gasteiger partial charge on any atom is -0.460 e. The number of anilines is 1. The second kappa shape index (κ2) is 7.23.